The Labute approximate surface area is 122 Å². The minimum absolute atomic E-state index is 0. The Morgan fingerprint density at radius 3 is 2.84 bits per heavy atom. The molecule has 2 fully saturated rings. The van der Waals surface area contributed by atoms with E-state index in [0.717, 1.165) is 18.4 Å². The van der Waals surface area contributed by atoms with Crippen LogP contribution in [0.25, 0.3) is 0 Å². The lowest BCUT2D eigenvalue weighted by molar-refractivity contribution is 0.259. The molecule has 1 saturated heterocycles. The highest BCUT2D eigenvalue weighted by Gasteiger charge is 2.38. The topological polar surface area (TPSA) is 29.3 Å². The fourth-order valence-electron chi connectivity index (χ4n) is 3.81. The number of benzene rings is 1. The molecule has 1 aromatic carbocycles. The third-order valence-corrected chi connectivity index (χ3v) is 4.72. The molecule has 106 valence electrons. The number of nitrogens with two attached hydrogens (primary N) is 1. The van der Waals surface area contributed by atoms with Crippen molar-refractivity contribution < 1.29 is 0 Å². The lowest BCUT2D eigenvalue weighted by atomic mass is 9.78. The fraction of sp³-hybridized carbons (Fsp3) is 0.625. The van der Waals surface area contributed by atoms with Gasteiger partial charge in [-0.1, -0.05) is 36.2 Å². The van der Waals surface area contributed by atoms with Gasteiger partial charge in [0.1, 0.15) is 0 Å². The van der Waals surface area contributed by atoms with Crippen LogP contribution in [0.5, 0.6) is 0 Å². The molecule has 2 nitrogen and oxygen atoms in total. The van der Waals surface area contributed by atoms with E-state index in [2.05, 4.69) is 36.1 Å². The summed E-state index contributed by atoms with van der Waals surface area (Å²) in [6, 6.07) is 9.34. The Morgan fingerprint density at radius 2 is 2.11 bits per heavy atom. The molecule has 1 aromatic rings. The smallest absolute Gasteiger partial charge is 0.0234 e. The van der Waals surface area contributed by atoms with Crippen LogP contribution >= 0.6 is 12.4 Å². The highest BCUT2D eigenvalue weighted by molar-refractivity contribution is 5.85. The van der Waals surface area contributed by atoms with Gasteiger partial charge in [-0.15, -0.1) is 12.4 Å². The van der Waals surface area contributed by atoms with E-state index >= 15 is 0 Å². The van der Waals surface area contributed by atoms with Crippen molar-refractivity contribution in [1.29, 1.82) is 0 Å². The summed E-state index contributed by atoms with van der Waals surface area (Å²) in [7, 11) is 0. The van der Waals surface area contributed by atoms with Gasteiger partial charge in [-0.25, -0.2) is 0 Å². The number of fused-ring (bicyclic) bond motifs is 1. The average Bonchev–Trinajstić information content (AvgIpc) is 2.73. The maximum Gasteiger partial charge on any atom is 0.0234 e. The molecule has 0 spiro atoms. The van der Waals surface area contributed by atoms with Gasteiger partial charge in [-0.2, -0.15) is 0 Å². The second-order valence-electron chi connectivity index (χ2n) is 6.20. The van der Waals surface area contributed by atoms with E-state index in [-0.39, 0.29) is 12.4 Å². The summed E-state index contributed by atoms with van der Waals surface area (Å²) in [5.41, 5.74) is 9.08. The third kappa shape index (κ3) is 3.31. The van der Waals surface area contributed by atoms with E-state index < -0.39 is 0 Å². The summed E-state index contributed by atoms with van der Waals surface area (Å²) < 4.78 is 0. The zero-order chi connectivity index (χ0) is 12.5. The first-order valence-electron chi connectivity index (χ1n) is 7.26. The van der Waals surface area contributed by atoms with Gasteiger partial charge in [0.25, 0.3) is 0 Å². The van der Waals surface area contributed by atoms with Crippen molar-refractivity contribution in [3.05, 3.63) is 35.4 Å². The quantitative estimate of drug-likeness (QED) is 0.902. The van der Waals surface area contributed by atoms with E-state index in [0.29, 0.717) is 6.04 Å². The van der Waals surface area contributed by atoms with Crippen LogP contribution in [0.4, 0.5) is 0 Å². The van der Waals surface area contributed by atoms with E-state index in [4.69, 9.17) is 5.73 Å². The Kier molecular flexibility index (Phi) is 4.88. The SMILES string of the molecule is Cc1cccc(CN2CC3CCCC(N)C3C2)c1.Cl. The number of rotatable bonds is 2. The van der Waals surface area contributed by atoms with Crippen molar-refractivity contribution in [2.45, 2.75) is 38.8 Å². The number of nitrogens with zero attached hydrogens (tertiary/aromatic N) is 1. The highest BCUT2D eigenvalue weighted by atomic mass is 35.5. The minimum Gasteiger partial charge on any atom is -0.327 e. The van der Waals surface area contributed by atoms with Gasteiger partial charge in [0.15, 0.2) is 0 Å². The number of aryl methyl sites for hydroxylation is 1. The lowest BCUT2D eigenvalue weighted by Crippen LogP contribution is -2.38. The molecule has 0 amide bonds. The number of hydrogen-bond donors (Lipinski definition) is 1. The van der Waals surface area contributed by atoms with Crippen LogP contribution in [0.3, 0.4) is 0 Å². The summed E-state index contributed by atoms with van der Waals surface area (Å²) in [5.74, 6) is 1.61. The summed E-state index contributed by atoms with van der Waals surface area (Å²) in [6.07, 6.45) is 3.96. The van der Waals surface area contributed by atoms with Crippen molar-refractivity contribution in [2.24, 2.45) is 17.6 Å². The van der Waals surface area contributed by atoms with Crippen LogP contribution in [-0.4, -0.2) is 24.0 Å². The second kappa shape index (κ2) is 6.25. The molecule has 3 heteroatoms. The van der Waals surface area contributed by atoms with Crippen molar-refractivity contribution in [3.8, 4) is 0 Å². The van der Waals surface area contributed by atoms with Crippen molar-refractivity contribution >= 4 is 12.4 Å². The van der Waals surface area contributed by atoms with Crippen LogP contribution in [0, 0.1) is 18.8 Å². The van der Waals surface area contributed by atoms with E-state index in [1.54, 1.807) is 0 Å². The van der Waals surface area contributed by atoms with Gasteiger partial charge in [0, 0.05) is 25.7 Å². The summed E-state index contributed by atoms with van der Waals surface area (Å²) in [6.45, 7) is 5.73. The molecule has 0 radical (unpaired) electrons. The molecule has 1 aliphatic heterocycles. The molecule has 3 rings (SSSR count). The van der Waals surface area contributed by atoms with Crippen LogP contribution in [0.1, 0.15) is 30.4 Å². The van der Waals surface area contributed by atoms with Gasteiger partial charge in [0.2, 0.25) is 0 Å². The highest BCUT2D eigenvalue weighted by Crippen LogP contribution is 2.36. The van der Waals surface area contributed by atoms with E-state index in [1.807, 2.05) is 0 Å². The molecular formula is C16H25ClN2. The Balaban J connectivity index is 0.00000133. The third-order valence-electron chi connectivity index (χ3n) is 4.72. The molecule has 19 heavy (non-hydrogen) atoms. The molecule has 1 aliphatic carbocycles. The first kappa shape index (κ1) is 14.8. The maximum absolute atomic E-state index is 6.27. The van der Waals surface area contributed by atoms with Crippen LogP contribution < -0.4 is 5.73 Å². The predicted octanol–water partition coefficient (Wildman–Crippen LogP) is 2.98. The molecule has 1 heterocycles. The zero-order valence-electron chi connectivity index (χ0n) is 11.7. The van der Waals surface area contributed by atoms with Gasteiger partial charge < -0.3 is 5.73 Å². The summed E-state index contributed by atoms with van der Waals surface area (Å²) in [5, 5.41) is 0. The summed E-state index contributed by atoms with van der Waals surface area (Å²) in [4.78, 5) is 2.61. The van der Waals surface area contributed by atoms with Gasteiger partial charge in [0.05, 0.1) is 0 Å². The largest absolute Gasteiger partial charge is 0.327 e. The minimum atomic E-state index is 0. The Hall–Kier alpha value is -0.570. The molecule has 1 saturated carbocycles. The first-order chi connectivity index (χ1) is 8.72. The monoisotopic (exact) mass is 280 g/mol. The Morgan fingerprint density at radius 1 is 1.26 bits per heavy atom. The molecule has 2 N–H and O–H groups in total. The lowest BCUT2D eigenvalue weighted by Gasteiger charge is -2.29. The second-order valence-corrected chi connectivity index (χ2v) is 6.20. The fourth-order valence-corrected chi connectivity index (χ4v) is 3.81. The summed E-state index contributed by atoms with van der Waals surface area (Å²) >= 11 is 0. The normalized spacial score (nSPS) is 30.7. The molecule has 2 aliphatic rings. The van der Waals surface area contributed by atoms with Gasteiger partial charge >= 0.3 is 0 Å². The zero-order valence-corrected chi connectivity index (χ0v) is 12.5. The standard InChI is InChI=1S/C16H24N2.ClH/c1-12-4-2-5-13(8-12)9-18-10-14-6-3-7-16(17)15(14)11-18;/h2,4-5,8,14-16H,3,6-7,9-11,17H2,1H3;1H. The van der Waals surface area contributed by atoms with Gasteiger partial charge in [-0.3, -0.25) is 4.90 Å². The van der Waals surface area contributed by atoms with E-state index in [9.17, 15) is 0 Å². The number of likely N-dealkylation sites (tertiary alicyclic amines) is 1. The molecule has 0 bridgehead atoms. The van der Waals surface area contributed by atoms with Gasteiger partial charge in [-0.05, 0) is 37.2 Å². The number of halogens is 1. The molecule has 3 atom stereocenters. The van der Waals surface area contributed by atoms with Crippen molar-refractivity contribution in [1.82, 2.24) is 4.90 Å². The maximum atomic E-state index is 6.27. The van der Waals surface area contributed by atoms with Crippen molar-refractivity contribution in [2.75, 3.05) is 13.1 Å². The Bertz CT molecular complexity index is 421. The molecular weight excluding hydrogens is 256 g/mol. The molecule has 3 unspecified atom stereocenters. The first-order valence-corrected chi connectivity index (χ1v) is 7.26. The predicted molar refractivity (Wildman–Crippen MR) is 82.5 cm³/mol. The van der Waals surface area contributed by atoms with Crippen LogP contribution in [0.2, 0.25) is 0 Å². The van der Waals surface area contributed by atoms with Crippen LogP contribution in [-0.2, 0) is 6.54 Å². The molecule has 0 aromatic heterocycles. The van der Waals surface area contributed by atoms with E-state index in [1.165, 1.54) is 43.5 Å². The average molecular weight is 281 g/mol. The van der Waals surface area contributed by atoms with Crippen LogP contribution in [0.15, 0.2) is 24.3 Å². The van der Waals surface area contributed by atoms with Crippen molar-refractivity contribution in [3.63, 3.8) is 0 Å². The number of hydrogen-bond acceptors (Lipinski definition) is 2.